The van der Waals surface area contributed by atoms with Crippen LogP contribution in [0.1, 0.15) is 0 Å². The SMILES string of the molecule is c1cncc(-c2nnnn2CN2CCOCC2)c1. The lowest BCUT2D eigenvalue weighted by Gasteiger charge is -2.26. The van der Waals surface area contributed by atoms with E-state index in [9.17, 15) is 0 Å². The summed E-state index contributed by atoms with van der Waals surface area (Å²) in [6, 6.07) is 3.83. The Hall–Kier alpha value is -1.86. The van der Waals surface area contributed by atoms with Crippen molar-refractivity contribution in [1.82, 2.24) is 30.1 Å². The Balaban J connectivity index is 1.79. The minimum Gasteiger partial charge on any atom is -0.379 e. The Kier molecular flexibility index (Phi) is 3.24. The summed E-state index contributed by atoms with van der Waals surface area (Å²) in [4.78, 5) is 6.35. The van der Waals surface area contributed by atoms with Crippen molar-refractivity contribution in [3.05, 3.63) is 24.5 Å². The summed E-state index contributed by atoms with van der Waals surface area (Å²) in [6.45, 7) is 4.04. The molecule has 2 aromatic heterocycles. The number of morpholine rings is 1. The van der Waals surface area contributed by atoms with Gasteiger partial charge in [0, 0.05) is 31.0 Å². The van der Waals surface area contributed by atoms with Crippen LogP contribution >= 0.6 is 0 Å². The molecule has 0 unspecified atom stereocenters. The first-order valence-corrected chi connectivity index (χ1v) is 5.90. The summed E-state index contributed by atoms with van der Waals surface area (Å²) >= 11 is 0. The number of hydrogen-bond acceptors (Lipinski definition) is 6. The zero-order valence-corrected chi connectivity index (χ0v) is 9.94. The number of aromatic nitrogens is 5. The first-order chi connectivity index (χ1) is 8.93. The van der Waals surface area contributed by atoms with Gasteiger partial charge in [-0.1, -0.05) is 0 Å². The molecule has 0 amide bonds. The molecule has 1 saturated heterocycles. The van der Waals surface area contributed by atoms with Gasteiger partial charge in [0.1, 0.15) is 0 Å². The molecule has 94 valence electrons. The number of rotatable bonds is 3. The molecule has 1 fully saturated rings. The normalized spacial score (nSPS) is 16.9. The highest BCUT2D eigenvalue weighted by Crippen LogP contribution is 2.14. The second kappa shape index (κ2) is 5.19. The molecule has 3 rings (SSSR count). The van der Waals surface area contributed by atoms with Crippen LogP contribution in [0.25, 0.3) is 11.4 Å². The molecule has 2 aromatic rings. The van der Waals surface area contributed by atoms with Crippen LogP contribution in [-0.2, 0) is 11.4 Å². The predicted octanol–water partition coefficient (Wildman–Crippen LogP) is 0.0248. The number of ether oxygens (including phenoxy) is 1. The molecule has 0 atom stereocenters. The van der Waals surface area contributed by atoms with Crippen molar-refractivity contribution in [2.75, 3.05) is 26.3 Å². The lowest BCUT2D eigenvalue weighted by Crippen LogP contribution is -2.37. The Bertz CT molecular complexity index is 493. The molecule has 0 N–H and O–H groups in total. The Morgan fingerprint density at radius 2 is 2.17 bits per heavy atom. The second-order valence-electron chi connectivity index (χ2n) is 4.12. The third-order valence-electron chi connectivity index (χ3n) is 2.89. The van der Waals surface area contributed by atoms with Crippen LogP contribution in [0.5, 0.6) is 0 Å². The zero-order valence-electron chi connectivity index (χ0n) is 9.94. The number of pyridine rings is 1. The van der Waals surface area contributed by atoms with E-state index in [4.69, 9.17) is 4.74 Å². The highest BCUT2D eigenvalue weighted by atomic mass is 16.5. The molecule has 0 aliphatic carbocycles. The predicted molar refractivity (Wildman–Crippen MR) is 63.4 cm³/mol. The first kappa shape index (κ1) is 11.2. The molecule has 7 heteroatoms. The van der Waals surface area contributed by atoms with Gasteiger partial charge in [-0.2, -0.15) is 0 Å². The largest absolute Gasteiger partial charge is 0.379 e. The Labute approximate surface area is 104 Å². The van der Waals surface area contributed by atoms with Crippen molar-refractivity contribution in [3.63, 3.8) is 0 Å². The molecular formula is C11H14N6O. The number of tetrazole rings is 1. The van der Waals surface area contributed by atoms with Crippen molar-refractivity contribution in [2.45, 2.75) is 6.67 Å². The minimum absolute atomic E-state index is 0.681. The van der Waals surface area contributed by atoms with Crippen molar-refractivity contribution >= 4 is 0 Å². The molecule has 7 nitrogen and oxygen atoms in total. The number of hydrogen-bond donors (Lipinski definition) is 0. The van der Waals surface area contributed by atoms with Crippen molar-refractivity contribution in [2.24, 2.45) is 0 Å². The zero-order chi connectivity index (χ0) is 12.2. The smallest absolute Gasteiger partial charge is 0.184 e. The molecular weight excluding hydrogens is 232 g/mol. The van der Waals surface area contributed by atoms with E-state index in [-0.39, 0.29) is 0 Å². The maximum atomic E-state index is 5.32. The van der Waals surface area contributed by atoms with Crippen LogP contribution in [0, 0.1) is 0 Å². The van der Waals surface area contributed by atoms with E-state index in [2.05, 4.69) is 25.4 Å². The van der Waals surface area contributed by atoms with Gasteiger partial charge in [0.15, 0.2) is 5.82 Å². The van der Waals surface area contributed by atoms with E-state index in [0.717, 1.165) is 37.7 Å². The fraction of sp³-hybridized carbons (Fsp3) is 0.455. The molecule has 1 aliphatic heterocycles. The second-order valence-corrected chi connectivity index (χ2v) is 4.12. The van der Waals surface area contributed by atoms with E-state index >= 15 is 0 Å². The molecule has 0 radical (unpaired) electrons. The highest BCUT2D eigenvalue weighted by molar-refractivity contribution is 5.52. The maximum Gasteiger partial charge on any atom is 0.184 e. The lowest BCUT2D eigenvalue weighted by molar-refractivity contribution is 0.0213. The van der Waals surface area contributed by atoms with Crippen LogP contribution in [0.4, 0.5) is 0 Å². The highest BCUT2D eigenvalue weighted by Gasteiger charge is 2.15. The van der Waals surface area contributed by atoms with Gasteiger partial charge in [-0.25, -0.2) is 4.68 Å². The quantitative estimate of drug-likeness (QED) is 0.760. The third-order valence-corrected chi connectivity index (χ3v) is 2.89. The van der Waals surface area contributed by atoms with E-state index in [1.165, 1.54) is 0 Å². The van der Waals surface area contributed by atoms with Crippen LogP contribution < -0.4 is 0 Å². The van der Waals surface area contributed by atoms with Gasteiger partial charge in [0.25, 0.3) is 0 Å². The fourth-order valence-electron chi connectivity index (χ4n) is 1.93. The molecule has 3 heterocycles. The van der Waals surface area contributed by atoms with E-state index in [1.807, 2.05) is 12.1 Å². The molecule has 0 bridgehead atoms. The molecule has 1 aliphatic rings. The Morgan fingerprint density at radius 1 is 1.28 bits per heavy atom. The van der Waals surface area contributed by atoms with Crippen LogP contribution in [-0.4, -0.2) is 56.4 Å². The maximum absolute atomic E-state index is 5.32. The van der Waals surface area contributed by atoms with Gasteiger partial charge in [0.2, 0.25) is 0 Å². The molecule has 18 heavy (non-hydrogen) atoms. The van der Waals surface area contributed by atoms with E-state index in [0.29, 0.717) is 6.67 Å². The van der Waals surface area contributed by atoms with Gasteiger partial charge in [-0.15, -0.1) is 5.10 Å². The Morgan fingerprint density at radius 3 is 2.94 bits per heavy atom. The monoisotopic (exact) mass is 246 g/mol. The van der Waals surface area contributed by atoms with Crippen LogP contribution in [0.15, 0.2) is 24.5 Å². The van der Waals surface area contributed by atoms with Gasteiger partial charge < -0.3 is 4.74 Å². The molecule has 0 aromatic carbocycles. The van der Waals surface area contributed by atoms with Crippen molar-refractivity contribution in [1.29, 1.82) is 0 Å². The van der Waals surface area contributed by atoms with E-state index in [1.54, 1.807) is 17.1 Å². The van der Waals surface area contributed by atoms with Gasteiger partial charge >= 0.3 is 0 Å². The van der Waals surface area contributed by atoms with Crippen molar-refractivity contribution in [3.8, 4) is 11.4 Å². The summed E-state index contributed by atoms with van der Waals surface area (Å²) in [5, 5.41) is 11.8. The summed E-state index contributed by atoms with van der Waals surface area (Å²) in [7, 11) is 0. The van der Waals surface area contributed by atoms with E-state index < -0.39 is 0 Å². The summed E-state index contributed by atoms with van der Waals surface area (Å²) in [6.07, 6.45) is 3.50. The number of nitrogens with zero attached hydrogens (tertiary/aromatic N) is 6. The van der Waals surface area contributed by atoms with Gasteiger partial charge in [0.05, 0.1) is 19.9 Å². The molecule has 0 spiro atoms. The summed E-state index contributed by atoms with van der Waals surface area (Å²) in [5.41, 5.74) is 0.927. The topological polar surface area (TPSA) is 69.0 Å². The van der Waals surface area contributed by atoms with Crippen molar-refractivity contribution < 1.29 is 4.74 Å². The average Bonchev–Trinajstić information content (AvgIpc) is 2.89. The minimum atomic E-state index is 0.681. The van der Waals surface area contributed by atoms with Gasteiger partial charge in [-0.05, 0) is 22.6 Å². The summed E-state index contributed by atoms with van der Waals surface area (Å²) < 4.78 is 7.12. The third kappa shape index (κ3) is 2.36. The first-order valence-electron chi connectivity index (χ1n) is 5.90. The molecule has 0 saturated carbocycles. The average molecular weight is 246 g/mol. The van der Waals surface area contributed by atoms with Crippen LogP contribution in [0.3, 0.4) is 0 Å². The standard InChI is InChI=1S/C11H14N6O/c1-2-10(8-12-3-1)11-13-14-15-17(11)9-16-4-6-18-7-5-16/h1-3,8H,4-7,9H2. The summed E-state index contributed by atoms with van der Waals surface area (Å²) in [5.74, 6) is 0.745. The fourth-order valence-corrected chi connectivity index (χ4v) is 1.93. The van der Waals surface area contributed by atoms with Crippen LogP contribution in [0.2, 0.25) is 0 Å². The lowest BCUT2D eigenvalue weighted by atomic mass is 10.3. The van der Waals surface area contributed by atoms with Gasteiger partial charge in [-0.3, -0.25) is 9.88 Å².